The van der Waals surface area contributed by atoms with Gasteiger partial charge in [0.15, 0.2) is 0 Å². The fourth-order valence-electron chi connectivity index (χ4n) is 9.79. The second-order valence-electron chi connectivity index (χ2n) is 14.5. The average Bonchev–Trinajstić information content (AvgIpc) is 2.74. The molecule has 0 saturated heterocycles. The highest BCUT2D eigenvalue weighted by atomic mass is 16.4. The van der Waals surface area contributed by atoms with Crippen molar-refractivity contribution in [2.45, 2.75) is 112 Å². The van der Waals surface area contributed by atoms with Crippen LogP contribution in [0, 0.1) is 44.3 Å². The zero-order valence-electron chi connectivity index (χ0n) is 22.1. The van der Waals surface area contributed by atoms with Crippen LogP contribution in [0.1, 0.15) is 106 Å². The van der Waals surface area contributed by atoms with Crippen LogP contribution in [-0.4, -0.2) is 22.3 Å². The van der Waals surface area contributed by atoms with E-state index in [4.69, 9.17) is 0 Å². The van der Waals surface area contributed by atoms with Crippen molar-refractivity contribution >= 4 is 5.97 Å². The van der Waals surface area contributed by atoms with Crippen LogP contribution in [0.2, 0.25) is 0 Å². The van der Waals surface area contributed by atoms with E-state index in [1.54, 1.807) is 11.1 Å². The van der Waals surface area contributed by atoms with Crippen molar-refractivity contribution in [3.63, 3.8) is 0 Å². The van der Waals surface area contributed by atoms with E-state index in [1.807, 2.05) is 6.92 Å². The van der Waals surface area contributed by atoms with Gasteiger partial charge in [-0.1, -0.05) is 53.7 Å². The molecule has 3 saturated carbocycles. The van der Waals surface area contributed by atoms with Crippen LogP contribution in [0.25, 0.3) is 0 Å². The van der Waals surface area contributed by atoms with Gasteiger partial charge in [0.2, 0.25) is 0 Å². The number of rotatable bonds is 1. The third-order valence-corrected chi connectivity index (χ3v) is 12.7. The second kappa shape index (κ2) is 6.77. The van der Waals surface area contributed by atoms with Crippen molar-refractivity contribution in [2.24, 2.45) is 44.3 Å². The molecule has 0 radical (unpaired) electrons. The molecule has 3 heteroatoms. The molecule has 3 nitrogen and oxygen atoms in total. The topological polar surface area (TPSA) is 57.5 Å². The Balaban J connectivity index is 1.60. The molecule has 5 aliphatic rings. The Bertz CT molecular complexity index is 944. The van der Waals surface area contributed by atoms with Gasteiger partial charge in [0.25, 0.3) is 0 Å². The minimum atomic E-state index is -0.609. The Morgan fingerprint density at radius 1 is 0.879 bits per heavy atom. The number of aliphatic carboxylic acids is 1. The number of hydrogen-bond acceptors (Lipinski definition) is 2. The van der Waals surface area contributed by atoms with Gasteiger partial charge in [-0.05, 0) is 115 Å². The third kappa shape index (κ3) is 2.81. The number of allylic oxidation sites excluding steroid dienone is 4. The molecule has 3 fully saturated rings. The van der Waals surface area contributed by atoms with E-state index in [9.17, 15) is 15.0 Å². The van der Waals surface area contributed by atoms with Crippen LogP contribution >= 0.6 is 0 Å². The molecule has 8 atom stereocenters. The molecule has 5 rings (SSSR count). The second-order valence-corrected chi connectivity index (χ2v) is 14.5. The molecular weight excluding hydrogens is 408 g/mol. The van der Waals surface area contributed by atoms with Gasteiger partial charge in [-0.2, -0.15) is 0 Å². The SMILES string of the molecule is CC1(C)[C@H](O)CC[C@]2(C)C3=CC[C@@]4(C)[C@@H]5C[C@](C)(C(=O)O)CC[C@]5(C)CC[C@]4(C)C3=CC[C@H]12. The lowest BCUT2D eigenvalue weighted by atomic mass is 9.35. The number of aliphatic hydroxyl groups is 1. The van der Waals surface area contributed by atoms with Crippen LogP contribution in [-0.2, 0) is 4.79 Å². The van der Waals surface area contributed by atoms with E-state index < -0.39 is 11.4 Å². The Kier molecular flexibility index (Phi) is 4.85. The molecule has 33 heavy (non-hydrogen) atoms. The smallest absolute Gasteiger partial charge is 0.309 e. The highest BCUT2D eigenvalue weighted by Gasteiger charge is 2.66. The van der Waals surface area contributed by atoms with Gasteiger partial charge in [0.05, 0.1) is 11.5 Å². The standard InChI is InChI=1S/C30H46O3/c1-25(2)21-9-8-20-19(28(21,5)12-11-23(25)31)10-13-30(7)22-18-27(4,24(32)33)15-14-26(22,3)16-17-29(20,30)6/h8,10,21-23,31H,9,11-18H2,1-7H3,(H,32,33)/t21-,22-,23-,26-,27-,28-,29-,30+/m1/s1. The predicted octanol–water partition coefficient (Wildman–Crippen LogP) is 7.15. The van der Waals surface area contributed by atoms with Crippen molar-refractivity contribution in [1.82, 2.24) is 0 Å². The predicted molar refractivity (Wildman–Crippen MR) is 133 cm³/mol. The summed E-state index contributed by atoms with van der Waals surface area (Å²) in [5, 5.41) is 20.9. The number of carboxylic acid groups (broad SMARTS) is 1. The molecule has 0 aromatic heterocycles. The molecule has 5 aliphatic carbocycles. The molecule has 0 spiro atoms. The Morgan fingerprint density at radius 2 is 1.55 bits per heavy atom. The Hall–Kier alpha value is -1.09. The van der Waals surface area contributed by atoms with Crippen LogP contribution < -0.4 is 0 Å². The van der Waals surface area contributed by atoms with Crippen LogP contribution in [0.5, 0.6) is 0 Å². The molecule has 0 aliphatic heterocycles. The minimum Gasteiger partial charge on any atom is -0.481 e. The summed E-state index contributed by atoms with van der Waals surface area (Å²) in [5.41, 5.74) is 3.01. The maximum absolute atomic E-state index is 12.3. The molecule has 0 aromatic carbocycles. The van der Waals surface area contributed by atoms with Crippen molar-refractivity contribution in [3.8, 4) is 0 Å². The van der Waals surface area contributed by atoms with Gasteiger partial charge in [-0.3, -0.25) is 4.79 Å². The first-order valence-corrected chi connectivity index (χ1v) is 13.5. The number of carbonyl (C=O) groups is 1. The van der Waals surface area contributed by atoms with E-state index in [2.05, 4.69) is 53.7 Å². The maximum Gasteiger partial charge on any atom is 0.309 e. The third-order valence-electron chi connectivity index (χ3n) is 12.7. The molecule has 184 valence electrons. The van der Waals surface area contributed by atoms with E-state index in [0.29, 0.717) is 11.8 Å². The van der Waals surface area contributed by atoms with E-state index in [-0.39, 0.29) is 33.2 Å². The van der Waals surface area contributed by atoms with Crippen molar-refractivity contribution in [2.75, 3.05) is 0 Å². The van der Waals surface area contributed by atoms with Crippen LogP contribution in [0.3, 0.4) is 0 Å². The monoisotopic (exact) mass is 454 g/mol. The van der Waals surface area contributed by atoms with Crippen LogP contribution in [0.15, 0.2) is 23.3 Å². The van der Waals surface area contributed by atoms with Crippen molar-refractivity contribution in [3.05, 3.63) is 23.3 Å². The van der Waals surface area contributed by atoms with E-state index in [0.717, 1.165) is 44.9 Å². The quantitative estimate of drug-likeness (QED) is 0.442. The Labute approximate surface area is 201 Å². The molecule has 0 bridgehead atoms. The summed E-state index contributed by atoms with van der Waals surface area (Å²) in [6.45, 7) is 16.5. The summed E-state index contributed by atoms with van der Waals surface area (Å²) in [4.78, 5) is 12.3. The van der Waals surface area contributed by atoms with Crippen molar-refractivity contribution < 1.29 is 15.0 Å². The first kappa shape index (κ1) is 23.6. The summed E-state index contributed by atoms with van der Waals surface area (Å²) in [7, 11) is 0. The van der Waals surface area contributed by atoms with E-state index in [1.165, 1.54) is 12.8 Å². The fourth-order valence-corrected chi connectivity index (χ4v) is 9.79. The lowest BCUT2D eigenvalue weighted by molar-refractivity contribution is -0.171. The molecule has 0 amide bonds. The fraction of sp³-hybridized carbons (Fsp3) is 0.833. The highest BCUT2D eigenvalue weighted by Crippen LogP contribution is 2.74. The number of hydrogen-bond donors (Lipinski definition) is 2. The number of aliphatic hydroxyl groups excluding tert-OH is 1. The number of carboxylic acids is 1. The minimum absolute atomic E-state index is 0.0741. The largest absolute Gasteiger partial charge is 0.481 e. The molecule has 0 aromatic rings. The summed E-state index contributed by atoms with van der Waals surface area (Å²) in [5.74, 6) is 0.283. The molecular formula is C30H46O3. The van der Waals surface area contributed by atoms with Gasteiger partial charge < -0.3 is 10.2 Å². The maximum atomic E-state index is 12.3. The van der Waals surface area contributed by atoms with Gasteiger partial charge >= 0.3 is 5.97 Å². The van der Waals surface area contributed by atoms with Crippen molar-refractivity contribution in [1.29, 1.82) is 0 Å². The molecule has 2 N–H and O–H groups in total. The normalized spacial score (nSPS) is 52.9. The zero-order valence-corrected chi connectivity index (χ0v) is 22.1. The first-order chi connectivity index (χ1) is 15.1. The van der Waals surface area contributed by atoms with Crippen LogP contribution in [0.4, 0.5) is 0 Å². The molecule has 0 unspecified atom stereocenters. The molecule has 0 heterocycles. The lowest BCUT2D eigenvalue weighted by Crippen LogP contribution is -2.61. The van der Waals surface area contributed by atoms with E-state index >= 15 is 0 Å². The average molecular weight is 455 g/mol. The first-order valence-electron chi connectivity index (χ1n) is 13.5. The van der Waals surface area contributed by atoms with Gasteiger partial charge in [0, 0.05) is 0 Å². The summed E-state index contributed by atoms with van der Waals surface area (Å²) >= 11 is 0. The lowest BCUT2D eigenvalue weighted by Gasteiger charge is -2.68. The summed E-state index contributed by atoms with van der Waals surface area (Å²) in [6.07, 6.45) is 14.0. The van der Waals surface area contributed by atoms with Gasteiger partial charge in [-0.25, -0.2) is 0 Å². The number of fused-ring (bicyclic) bond motifs is 7. The summed E-state index contributed by atoms with van der Waals surface area (Å²) in [6, 6.07) is 0. The Morgan fingerprint density at radius 3 is 2.21 bits per heavy atom. The van der Waals surface area contributed by atoms with Gasteiger partial charge in [-0.15, -0.1) is 0 Å². The summed E-state index contributed by atoms with van der Waals surface area (Å²) < 4.78 is 0. The van der Waals surface area contributed by atoms with Gasteiger partial charge in [0.1, 0.15) is 0 Å². The zero-order chi connectivity index (χ0) is 24.2. The highest BCUT2D eigenvalue weighted by molar-refractivity contribution is 5.74.